The Bertz CT molecular complexity index is 513. The van der Waals surface area contributed by atoms with Gasteiger partial charge < -0.3 is 14.7 Å². The van der Waals surface area contributed by atoms with Crippen molar-refractivity contribution in [3.63, 3.8) is 0 Å². The van der Waals surface area contributed by atoms with E-state index < -0.39 is 5.97 Å². The molecule has 0 radical (unpaired) electrons. The first kappa shape index (κ1) is 14.1. The number of carbonyl (C=O) groups excluding carboxylic acids is 1. The number of rotatable bonds is 5. The fourth-order valence-corrected chi connectivity index (χ4v) is 2.19. The molecule has 1 aliphatic carbocycles. The first-order valence-corrected chi connectivity index (χ1v) is 6.98. The standard InChI is InChI=1S/C13H14INO4/c1-15(9-3-4-9)12(16)7-19-11-5-2-8(14)6-10(11)13(17)18/h2,5-6,9H,3-4,7H2,1H3,(H,17,18). The van der Waals surface area contributed by atoms with Gasteiger partial charge in [-0.15, -0.1) is 0 Å². The molecule has 0 heterocycles. The van der Waals surface area contributed by atoms with Crippen LogP contribution in [0.3, 0.4) is 0 Å². The molecular weight excluding hydrogens is 361 g/mol. The van der Waals surface area contributed by atoms with Gasteiger partial charge in [0, 0.05) is 16.7 Å². The molecule has 0 spiro atoms. The van der Waals surface area contributed by atoms with E-state index in [9.17, 15) is 9.59 Å². The highest BCUT2D eigenvalue weighted by Crippen LogP contribution is 2.26. The lowest BCUT2D eigenvalue weighted by Crippen LogP contribution is -2.33. The van der Waals surface area contributed by atoms with Crippen molar-refractivity contribution in [2.24, 2.45) is 0 Å². The van der Waals surface area contributed by atoms with Crippen LogP contribution in [0.5, 0.6) is 5.75 Å². The Labute approximate surface area is 124 Å². The molecular formula is C13H14INO4. The van der Waals surface area contributed by atoms with Gasteiger partial charge >= 0.3 is 5.97 Å². The van der Waals surface area contributed by atoms with Crippen LogP contribution in [-0.4, -0.2) is 41.6 Å². The van der Waals surface area contributed by atoms with Gasteiger partial charge in [0.25, 0.3) is 5.91 Å². The monoisotopic (exact) mass is 375 g/mol. The number of hydrogen-bond donors (Lipinski definition) is 1. The van der Waals surface area contributed by atoms with Gasteiger partial charge in [-0.2, -0.15) is 0 Å². The molecule has 102 valence electrons. The topological polar surface area (TPSA) is 66.8 Å². The molecule has 1 aromatic rings. The van der Waals surface area contributed by atoms with Crippen molar-refractivity contribution in [3.05, 3.63) is 27.3 Å². The molecule has 0 bridgehead atoms. The smallest absolute Gasteiger partial charge is 0.339 e. The molecule has 0 aromatic heterocycles. The van der Waals surface area contributed by atoms with Gasteiger partial charge in [0.2, 0.25) is 0 Å². The molecule has 0 aliphatic heterocycles. The lowest BCUT2D eigenvalue weighted by atomic mass is 10.2. The molecule has 1 fully saturated rings. The van der Waals surface area contributed by atoms with Crippen molar-refractivity contribution in [1.29, 1.82) is 0 Å². The minimum Gasteiger partial charge on any atom is -0.483 e. The number of nitrogens with zero attached hydrogens (tertiary/aromatic N) is 1. The Hall–Kier alpha value is -1.31. The quantitative estimate of drug-likeness (QED) is 0.800. The highest BCUT2D eigenvalue weighted by atomic mass is 127. The zero-order chi connectivity index (χ0) is 14.0. The summed E-state index contributed by atoms with van der Waals surface area (Å²) in [4.78, 5) is 24.5. The van der Waals surface area contributed by atoms with Crippen LogP contribution in [-0.2, 0) is 4.79 Å². The number of hydrogen-bond acceptors (Lipinski definition) is 3. The second-order valence-corrected chi connectivity index (χ2v) is 5.72. The Morgan fingerprint density at radius 2 is 2.16 bits per heavy atom. The molecule has 5 nitrogen and oxygen atoms in total. The maximum Gasteiger partial charge on any atom is 0.339 e. The van der Waals surface area contributed by atoms with Gasteiger partial charge in [-0.1, -0.05) is 0 Å². The van der Waals surface area contributed by atoms with Crippen molar-refractivity contribution in [3.8, 4) is 5.75 Å². The molecule has 0 saturated heterocycles. The molecule has 1 saturated carbocycles. The summed E-state index contributed by atoms with van der Waals surface area (Å²) in [6, 6.07) is 5.17. The Morgan fingerprint density at radius 3 is 2.74 bits per heavy atom. The van der Waals surface area contributed by atoms with E-state index >= 15 is 0 Å². The molecule has 0 unspecified atom stereocenters. The van der Waals surface area contributed by atoms with Crippen molar-refractivity contribution in [2.45, 2.75) is 18.9 Å². The predicted octanol–water partition coefficient (Wildman–Crippen LogP) is 1.99. The third kappa shape index (κ3) is 3.59. The predicted molar refractivity (Wildman–Crippen MR) is 77.4 cm³/mol. The van der Waals surface area contributed by atoms with E-state index in [-0.39, 0.29) is 23.8 Å². The number of ether oxygens (including phenoxy) is 1. The largest absolute Gasteiger partial charge is 0.483 e. The van der Waals surface area contributed by atoms with Gasteiger partial charge in [0.15, 0.2) is 6.61 Å². The average molecular weight is 375 g/mol. The molecule has 19 heavy (non-hydrogen) atoms. The normalized spacial score (nSPS) is 14.0. The Morgan fingerprint density at radius 1 is 1.47 bits per heavy atom. The second-order valence-electron chi connectivity index (χ2n) is 4.47. The van der Waals surface area contributed by atoms with Crippen LogP contribution in [0.25, 0.3) is 0 Å². The summed E-state index contributed by atoms with van der Waals surface area (Å²) in [5.74, 6) is -0.959. The van der Waals surface area contributed by atoms with Gasteiger partial charge in [0.05, 0.1) is 0 Å². The second kappa shape index (κ2) is 5.77. The maximum atomic E-state index is 11.8. The summed E-state index contributed by atoms with van der Waals surface area (Å²) in [5.41, 5.74) is 0.0776. The number of aromatic carboxylic acids is 1. The van der Waals surface area contributed by atoms with Crippen LogP contribution in [0.15, 0.2) is 18.2 Å². The van der Waals surface area contributed by atoms with E-state index in [0.717, 1.165) is 16.4 Å². The lowest BCUT2D eigenvalue weighted by Gasteiger charge is -2.17. The van der Waals surface area contributed by atoms with E-state index in [4.69, 9.17) is 9.84 Å². The zero-order valence-corrected chi connectivity index (χ0v) is 12.6. The average Bonchev–Trinajstić information content (AvgIpc) is 3.20. The molecule has 0 atom stereocenters. The number of benzene rings is 1. The number of carbonyl (C=O) groups is 2. The Kier molecular flexibility index (Phi) is 4.28. The highest BCUT2D eigenvalue weighted by molar-refractivity contribution is 14.1. The first-order valence-electron chi connectivity index (χ1n) is 5.90. The molecule has 1 aromatic carbocycles. The minimum absolute atomic E-state index is 0.0776. The van der Waals surface area contributed by atoms with Crippen molar-refractivity contribution < 1.29 is 19.4 Å². The van der Waals surface area contributed by atoms with Crippen LogP contribution in [0.2, 0.25) is 0 Å². The van der Waals surface area contributed by atoms with Gasteiger partial charge in [-0.05, 0) is 53.6 Å². The molecule has 1 N–H and O–H groups in total. The van der Waals surface area contributed by atoms with Crippen molar-refractivity contribution >= 4 is 34.5 Å². The van der Waals surface area contributed by atoms with Crippen LogP contribution >= 0.6 is 22.6 Å². The SMILES string of the molecule is CN(C(=O)COc1ccc(I)cc1C(=O)O)C1CC1. The zero-order valence-electron chi connectivity index (χ0n) is 10.4. The van der Waals surface area contributed by atoms with Crippen LogP contribution in [0.1, 0.15) is 23.2 Å². The molecule has 1 aliphatic rings. The number of carboxylic acid groups (broad SMARTS) is 1. The number of halogens is 1. The summed E-state index contributed by atoms with van der Waals surface area (Å²) >= 11 is 2.03. The van der Waals surface area contributed by atoms with E-state index in [1.54, 1.807) is 24.1 Å². The third-order valence-corrected chi connectivity index (χ3v) is 3.68. The van der Waals surface area contributed by atoms with Crippen LogP contribution in [0.4, 0.5) is 0 Å². The van der Waals surface area contributed by atoms with E-state index in [0.29, 0.717) is 6.04 Å². The van der Waals surface area contributed by atoms with Gasteiger partial charge in [0.1, 0.15) is 11.3 Å². The minimum atomic E-state index is -1.06. The highest BCUT2D eigenvalue weighted by Gasteiger charge is 2.29. The summed E-state index contributed by atoms with van der Waals surface area (Å²) in [6.45, 7) is -0.131. The first-order chi connectivity index (χ1) is 8.99. The molecule has 6 heteroatoms. The van der Waals surface area contributed by atoms with E-state index in [1.807, 2.05) is 22.6 Å². The summed E-state index contributed by atoms with van der Waals surface area (Å²) in [7, 11) is 1.75. The van der Waals surface area contributed by atoms with Crippen molar-refractivity contribution in [1.82, 2.24) is 4.90 Å². The summed E-state index contributed by atoms with van der Waals surface area (Å²) < 4.78 is 6.15. The van der Waals surface area contributed by atoms with Gasteiger partial charge in [-0.25, -0.2) is 4.79 Å². The fourth-order valence-electron chi connectivity index (χ4n) is 1.70. The fraction of sp³-hybridized carbons (Fsp3) is 0.385. The Balaban J connectivity index is 2.02. The third-order valence-electron chi connectivity index (χ3n) is 3.01. The molecule has 2 rings (SSSR count). The molecule has 1 amide bonds. The lowest BCUT2D eigenvalue weighted by molar-refractivity contribution is -0.132. The van der Waals surface area contributed by atoms with Crippen LogP contribution < -0.4 is 4.74 Å². The van der Waals surface area contributed by atoms with E-state index in [1.165, 1.54) is 6.07 Å². The van der Waals surface area contributed by atoms with E-state index in [2.05, 4.69) is 0 Å². The number of carboxylic acids is 1. The number of amides is 1. The van der Waals surface area contributed by atoms with Crippen molar-refractivity contribution in [2.75, 3.05) is 13.7 Å². The summed E-state index contributed by atoms with van der Waals surface area (Å²) in [5, 5.41) is 9.08. The van der Waals surface area contributed by atoms with Gasteiger partial charge in [-0.3, -0.25) is 4.79 Å². The summed E-state index contributed by atoms with van der Waals surface area (Å²) in [6.07, 6.45) is 2.07. The maximum absolute atomic E-state index is 11.8. The number of likely N-dealkylation sites (N-methyl/N-ethyl adjacent to an activating group) is 1. The van der Waals surface area contributed by atoms with Crippen LogP contribution in [0, 0.1) is 3.57 Å².